The van der Waals surface area contributed by atoms with E-state index in [4.69, 9.17) is 10.5 Å². The topological polar surface area (TPSA) is 93.8 Å². The third-order valence-electron chi connectivity index (χ3n) is 1.15. The monoisotopic (exact) mass is 147 g/mol. The minimum atomic E-state index is -0.797. The van der Waals surface area contributed by atoms with Crippen molar-refractivity contribution in [2.24, 2.45) is 0 Å². The molecule has 2 amide bonds. The van der Waals surface area contributed by atoms with Gasteiger partial charge in [-0.15, -0.1) is 0 Å². The number of nitriles is 2. The molecule has 0 aromatic carbocycles. The number of nitrogens with zero attached hydrogens (tertiary/aromatic N) is 2. The molecule has 0 bridgehead atoms. The molecule has 0 atom stereocenters. The van der Waals surface area contributed by atoms with Gasteiger partial charge in [0.05, 0.1) is 0 Å². The zero-order valence-electron chi connectivity index (χ0n) is 5.21. The normalized spacial score (nSPS) is 15.8. The number of carbonyl (C=O) groups excluding carboxylic acids is 2. The molecular formula is C6HN3O2. The summed E-state index contributed by atoms with van der Waals surface area (Å²) in [4.78, 5) is 21.2. The first-order valence-corrected chi connectivity index (χ1v) is 2.61. The van der Waals surface area contributed by atoms with Crippen molar-refractivity contribution in [3.8, 4) is 12.1 Å². The Morgan fingerprint density at radius 2 is 1.36 bits per heavy atom. The molecule has 1 aliphatic heterocycles. The van der Waals surface area contributed by atoms with Crippen molar-refractivity contribution < 1.29 is 9.59 Å². The molecule has 0 aromatic rings. The molecule has 1 heterocycles. The van der Waals surface area contributed by atoms with E-state index in [1.54, 1.807) is 0 Å². The molecule has 0 radical (unpaired) electrons. The highest BCUT2D eigenvalue weighted by atomic mass is 16.2. The minimum absolute atomic E-state index is 0.405. The fraction of sp³-hybridized carbons (Fsp3) is 0. The molecule has 0 fully saturated rings. The molecule has 1 aliphatic rings. The maximum absolute atomic E-state index is 10.6. The average molecular weight is 147 g/mol. The zero-order chi connectivity index (χ0) is 8.43. The molecule has 1 N–H and O–H groups in total. The lowest BCUT2D eigenvalue weighted by Gasteiger charge is -1.83. The summed E-state index contributed by atoms with van der Waals surface area (Å²) in [7, 11) is 0. The van der Waals surface area contributed by atoms with E-state index in [-0.39, 0.29) is 0 Å². The van der Waals surface area contributed by atoms with Crippen LogP contribution in [0.1, 0.15) is 0 Å². The van der Waals surface area contributed by atoms with Crippen LogP contribution in [0.15, 0.2) is 11.1 Å². The van der Waals surface area contributed by atoms with Gasteiger partial charge in [0.15, 0.2) is 0 Å². The van der Waals surface area contributed by atoms with Crippen LogP contribution >= 0.6 is 0 Å². The standard InChI is InChI=1S/C6HN3O2/c7-1-3-4(2-8)6(11)9-5(3)10/h(H,9,10,11). The number of amides is 2. The highest BCUT2D eigenvalue weighted by molar-refractivity contribution is 6.23. The molecule has 0 saturated carbocycles. The van der Waals surface area contributed by atoms with Crippen LogP contribution in [0.2, 0.25) is 0 Å². The summed E-state index contributed by atoms with van der Waals surface area (Å²) in [6.07, 6.45) is 0. The first-order valence-electron chi connectivity index (χ1n) is 2.61. The van der Waals surface area contributed by atoms with Crippen molar-refractivity contribution in [3.63, 3.8) is 0 Å². The van der Waals surface area contributed by atoms with Gasteiger partial charge in [-0.05, 0) is 0 Å². The first kappa shape index (κ1) is 6.97. The van der Waals surface area contributed by atoms with Gasteiger partial charge in [0.1, 0.15) is 23.3 Å². The number of nitrogens with one attached hydrogen (secondary N) is 1. The molecule has 0 spiro atoms. The number of carbonyl (C=O) groups is 2. The number of hydrogen-bond donors (Lipinski definition) is 1. The Hall–Kier alpha value is -2.14. The van der Waals surface area contributed by atoms with Crippen molar-refractivity contribution in [2.45, 2.75) is 0 Å². The second kappa shape index (κ2) is 2.24. The summed E-state index contributed by atoms with van der Waals surface area (Å²) in [6.45, 7) is 0. The number of hydrogen-bond acceptors (Lipinski definition) is 4. The van der Waals surface area contributed by atoms with Gasteiger partial charge in [-0.3, -0.25) is 14.9 Å². The highest BCUT2D eigenvalue weighted by Crippen LogP contribution is 2.09. The summed E-state index contributed by atoms with van der Waals surface area (Å²) >= 11 is 0. The maximum atomic E-state index is 10.6. The van der Waals surface area contributed by atoms with Crippen molar-refractivity contribution in [1.82, 2.24) is 5.32 Å². The molecule has 0 aromatic heterocycles. The minimum Gasteiger partial charge on any atom is -0.287 e. The van der Waals surface area contributed by atoms with Gasteiger partial charge < -0.3 is 0 Å². The van der Waals surface area contributed by atoms with Crippen LogP contribution in [0.4, 0.5) is 0 Å². The highest BCUT2D eigenvalue weighted by Gasteiger charge is 2.29. The summed E-state index contributed by atoms with van der Waals surface area (Å²) in [5.74, 6) is -1.59. The van der Waals surface area contributed by atoms with Crippen molar-refractivity contribution in [3.05, 3.63) is 11.1 Å². The smallest absolute Gasteiger partial charge is 0.270 e. The lowest BCUT2D eigenvalue weighted by atomic mass is 10.2. The Bertz CT molecular complexity index is 319. The Morgan fingerprint density at radius 1 is 1.00 bits per heavy atom. The van der Waals surface area contributed by atoms with Crippen LogP contribution in [0.25, 0.3) is 0 Å². The van der Waals surface area contributed by atoms with Gasteiger partial charge in [0.2, 0.25) is 0 Å². The van der Waals surface area contributed by atoms with Crippen LogP contribution in [-0.2, 0) is 9.59 Å². The second-order valence-corrected chi connectivity index (χ2v) is 1.76. The van der Waals surface area contributed by atoms with Crippen molar-refractivity contribution >= 4 is 11.8 Å². The summed E-state index contributed by atoms with van der Waals surface area (Å²) in [6, 6.07) is 2.94. The Morgan fingerprint density at radius 3 is 1.64 bits per heavy atom. The third-order valence-corrected chi connectivity index (χ3v) is 1.15. The molecule has 5 heteroatoms. The first-order chi connectivity index (χ1) is 5.20. The second-order valence-electron chi connectivity index (χ2n) is 1.76. The quantitative estimate of drug-likeness (QED) is 0.444. The molecule has 52 valence electrons. The van der Waals surface area contributed by atoms with Crippen LogP contribution in [-0.4, -0.2) is 11.8 Å². The summed E-state index contributed by atoms with van der Waals surface area (Å²) < 4.78 is 0. The van der Waals surface area contributed by atoms with E-state index < -0.39 is 23.0 Å². The van der Waals surface area contributed by atoms with E-state index in [9.17, 15) is 9.59 Å². The van der Waals surface area contributed by atoms with Gasteiger partial charge in [0, 0.05) is 0 Å². The van der Waals surface area contributed by atoms with Crippen molar-refractivity contribution in [2.75, 3.05) is 0 Å². The molecule has 0 unspecified atom stereocenters. The van der Waals surface area contributed by atoms with E-state index in [0.29, 0.717) is 0 Å². The van der Waals surface area contributed by atoms with Gasteiger partial charge in [-0.25, -0.2) is 0 Å². The van der Waals surface area contributed by atoms with Crippen LogP contribution in [0, 0.1) is 22.7 Å². The van der Waals surface area contributed by atoms with Gasteiger partial charge in [0.25, 0.3) is 11.8 Å². The van der Waals surface area contributed by atoms with E-state index in [0.717, 1.165) is 0 Å². The predicted octanol–water partition coefficient (Wildman–Crippen LogP) is -1.01. The molecule has 5 nitrogen and oxygen atoms in total. The van der Waals surface area contributed by atoms with Crippen LogP contribution in [0.5, 0.6) is 0 Å². The Balaban J connectivity index is 3.29. The summed E-state index contributed by atoms with van der Waals surface area (Å²) in [5, 5.41) is 18.4. The maximum Gasteiger partial charge on any atom is 0.270 e. The Kier molecular flexibility index (Phi) is 1.42. The fourth-order valence-electron chi connectivity index (χ4n) is 0.669. The van der Waals surface area contributed by atoms with E-state index in [1.165, 1.54) is 12.1 Å². The SMILES string of the molecule is N#CC1=C(C#N)C(=O)NC1=O. The van der Waals surface area contributed by atoms with Crippen LogP contribution < -0.4 is 5.32 Å². The molecule has 11 heavy (non-hydrogen) atoms. The van der Waals surface area contributed by atoms with Gasteiger partial charge >= 0.3 is 0 Å². The summed E-state index contributed by atoms with van der Waals surface area (Å²) in [5.41, 5.74) is -0.810. The van der Waals surface area contributed by atoms with Gasteiger partial charge in [-0.2, -0.15) is 10.5 Å². The average Bonchev–Trinajstić information content (AvgIpc) is 2.24. The van der Waals surface area contributed by atoms with Crippen molar-refractivity contribution in [1.29, 1.82) is 10.5 Å². The molecule has 1 rings (SSSR count). The van der Waals surface area contributed by atoms with E-state index in [1.807, 2.05) is 5.32 Å². The lowest BCUT2D eigenvalue weighted by molar-refractivity contribution is -0.123. The number of imide groups is 1. The molecule has 0 saturated heterocycles. The fourth-order valence-corrected chi connectivity index (χ4v) is 0.669. The van der Waals surface area contributed by atoms with E-state index >= 15 is 0 Å². The third kappa shape index (κ3) is 0.846. The molecular weight excluding hydrogens is 146 g/mol. The molecule has 0 aliphatic carbocycles. The Labute approximate surface area is 61.5 Å². The van der Waals surface area contributed by atoms with Crippen LogP contribution in [0.3, 0.4) is 0 Å². The lowest BCUT2D eigenvalue weighted by Crippen LogP contribution is -2.22. The predicted molar refractivity (Wildman–Crippen MR) is 31.4 cm³/mol. The van der Waals surface area contributed by atoms with E-state index in [2.05, 4.69) is 0 Å². The zero-order valence-corrected chi connectivity index (χ0v) is 5.21. The largest absolute Gasteiger partial charge is 0.287 e. The van der Waals surface area contributed by atoms with Gasteiger partial charge in [-0.1, -0.05) is 0 Å². The number of rotatable bonds is 0.